The Hall–Kier alpha value is -1.77. The van der Waals surface area contributed by atoms with Crippen LogP contribution in [0.25, 0.3) is 5.13 Å². The molecule has 0 bridgehead atoms. The summed E-state index contributed by atoms with van der Waals surface area (Å²) in [4.78, 5) is 14.4. The lowest BCUT2D eigenvalue weighted by Crippen LogP contribution is -2.15. The lowest BCUT2D eigenvalue weighted by Gasteiger charge is -2.06. The second-order valence-electron chi connectivity index (χ2n) is 3.12. The third kappa shape index (κ3) is 2.05. The maximum atomic E-state index is 12.7. The van der Waals surface area contributed by atoms with Gasteiger partial charge in [0.05, 0.1) is 5.69 Å². The van der Waals surface area contributed by atoms with Gasteiger partial charge in [-0.1, -0.05) is 5.21 Å². The number of aryl methyl sites for hydroxylation is 1. The third-order valence-electron chi connectivity index (χ3n) is 1.86. The molecule has 0 aromatic carbocycles. The van der Waals surface area contributed by atoms with E-state index in [2.05, 4.69) is 15.3 Å². The van der Waals surface area contributed by atoms with Gasteiger partial charge in [0.1, 0.15) is 0 Å². The molecule has 2 heterocycles. The van der Waals surface area contributed by atoms with Gasteiger partial charge < -0.3 is 0 Å². The van der Waals surface area contributed by atoms with E-state index in [1.54, 1.807) is 12.3 Å². The summed E-state index contributed by atoms with van der Waals surface area (Å²) >= 11 is 0.990. The highest BCUT2D eigenvalue weighted by Gasteiger charge is 2.40. The average molecular weight is 262 g/mol. The quantitative estimate of drug-likeness (QED) is 0.775. The van der Waals surface area contributed by atoms with Crippen LogP contribution in [0.2, 0.25) is 0 Å². The fourth-order valence-electron chi connectivity index (χ4n) is 1.21. The minimum absolute atomic E-state index is 0.0206. The molecule has 0 aliphatic heterocycles. The van der Waals surface area contributed by atoms with Crippen LogP contribution < -0.4 is 0 Å². The van der Waals surface area contributed by atoms with Crippen molar-refractivity contribution in [3.63, 3.8) is 0 Å². The zero-order valence-electron chi connectivity index (χ0n) is 8.39. The molecular formula is C8H5F3N4OS. The molecule has 0 spiro atoms. The summed E-state index contributed by atoms with van der Waals surface area (Å²) in [5.74, 6) is 0. The molecule has 2 rings (SSSR count). The van der Waals surface area contributed by atoms with E-state index < -0.39 is 17.6 Å². The second kappa shape index (κ2) is 3.91. The van der Waals surface area contributed by atoms with E-state index in [4.69, 9.17) is 0 Å². The topological polar surface area (TPSA) is 60.7 Å². The predicted octanol–water partition coefficient (Wildman–Crippen LogP) is 1.86. The van der Waals surface area contributed by atoms with Crippen LogP contribution in [0.4, 0.5) is 13.2 Å². The highest BCUT2D eigenvalue weighted by Crippen LogP contribution is 2.32. The number of rotatable bonds is 2. The molecule has 2 aromatic rings. The van der Waals surface area contributed by atoms with E-state index in [1.165, 1.54) is 0 Å². The number of hydrogen-bond acceptors (Lipinski definition) is 5. The number of carbonyl (C=O) groups is 1. The summed E-state index contributed by atoms with van der Waals surface area (Å²) in [5, 5.41) is 8.08. The standard InChI is InChI=1S/C8H5F3N4OS/c1-4-3-17-7(12-4)15-6(8(9,10)11)5(2-16)13-14-15/h2-3H,1H3. The molecule has 0 saturated heterocycles. The van der Waals surface area contributed by atoms with Gasteiger partial charge in [-0.2, -0.15) is 17.9 Å². The summed E-state index contributed by atoms with van der Waals surface area (Å²) in [6.45, 7) is 1.64. The Bertz CT molecular complexity index is 559. The van der Waals surface area contributed by atoms with Gasteiger partial charge in [-0.3, -0.25) is 4.79 Å². The van der Waals surface area contributed by atoms with Crippen molar-refractivity contribution in [1.29, 1.82) is 0 Å². The molecule has 0 atom stereocenters. The predicted molar refractivity (Wildman–Crippen MR) is 52.2 cm³/mol. The number of aromatic nitrogens is 4. The zero-order chi connectivity index (χ0) is 12.6. The summed E-state index contributed by atoms with van der Waals surface area (Å²) in [7, 11) is 0. The Morgan fingerprint density at radius 1 is 1.47 bits per heavy atom. The van der Waals surface area contributed by atoms with Crippen LogP contribution in [0.3, 0.4) is 0 Å². The zero-order valence-corrected chi connectivity index (χ0v) is 9.21. The first-order valence-corrected chi connectivity index (χ1v) is 5.22. The van der Waals surface area contributed by atoms with Crippen molar-refractivity contribution in [2.45, 2.75) is 13.1 Å². The average Bonchev–Trinajstić information content (AvgIpc) is 2.81. The molecule has 2 aromatic heterocycles. The van der Waals surface area contributed by atoms with Crippen molar-refractivity contribution in [2.75, 3.05) is 0 Å². The molecule has 0 aliphatic rings. The van der Waals surface area contributed by atoms with Gasteiger partial charge in [-0.05, 0) is 6.92 Å². The summed E-state index contributed by atoms with van der Waals surface area (Å²) in [5.41, 5.74) is -1.38. The molecule has 0 N–H and O–H groups in total. The Morgan fingerprint density at radius 2 is 2.18 bits per heavy atom. The van der Waals surface area contributed by atoms with Gasteiger partial charge in [-0.25, -0.2) is 4.98 Å². The van der Waals surface area contributed by atoms with Crippen molar-refractivity contribution in [1.82, 2.24) is 20.0 Å². The van der Waals surface area contributed by atoms with Crippen LogP contribution in [-0.2, 0) is 6.18 Å². The first-order chi connectivity index (χ1) is 7.93. The minimum Gasteiger partial charge on any atom is -0.296 e. The van der Waals surface area contributed by atoms with E-state index >= 15 is 0 Å². The van der Waals surface area contributed by atoms with E-state index in [0.29, 0.717) is 10.4 Å². The molecule has 0 fully saturated rings. The molecule has 0 radical (unpaired) electrons. The molecule has 90 valence electrons. The fourth-order valence-corrected chi connectivity index (χ4v) is 1.96. The largest absolute Gasteiger partial charge is 0.435 e. The fraction of sp³-hybridized carbons (Fsp3) is 0.250. The van der Waals surface area contributed by atoms with Gasteiger partial charge in [-0.15, -0.1) is 16.4 Å². The van der Waals surface area contributed by atoms with Crippen LogP contribution in [-0.4, -0.2) is 26.3 Å². The van der Waals surface area contributed by atoms with Crippen LogP contribution in [0, 0.1) is 6.92 Å². The van der Waals surface area contributed by atoms with Crippen LogP contribution in [0.1, 0.15) is 21.9 Å². The lowest BCUT2D eigenvalue weighted by atomic mass is 10.3. The molecule has 5 nitrogen and oxygen atoms in total. The highest BCUT2D eigenvalue weighted by molar-refractivity contribution is 7.12. The van der Waals surface area contributed by atoms with Gasteiger partial charge in [0, 0.05) is 5.38 Å². The monoisotopic (exact) mass is 262 g/mol. The molecule has 9 heteroatoms. The van der Waals surface area contributed by atoms with E-state index in [-0.39, 0.29) is 11.4 Å². The summed E-state index contributed by atoms with van der Waals surface area (Å²) in [6.07, 6.45) is -4.69. The van der Waals surface area contributed by atoms with Crippen LogP contribution >= 0.6 is 11.3 Å². The molecule has 17 heavy (non-hydrogen) atoms. The number of halogens is 3. The Labute approximate surface area is 96.9 Å². The van der Waals surface area contributed by atoms with Crippen molar-refractivity contribution in [3.05, 3.63) is 22.5 Å². The summed E-state index contributed by atoms with van der Waals surface area (Å²) < 4.78 is 38.7. The number of alkyl halides is 3. The summed E-state index contributed by atoms with van der Waals surface area (Å²) in [6, 6.07) is 0. The molecule has 0 unspecified atom stereocenters. The van der Waals surface area contributed by atoms with E-state index in [9.17, 15) is 18.0 Å². The minimum atomic E-state index is -4.71. The number of hydrogen-bond donors (Lipinski definition) is 0. The van der Waals surface area contributed by atoms with Gasteiger partial charge in [0.15, 0.2) is 17.7 Å². The van der Waals surface area contributed by atoms with Crippen LogP contribution in [0.5, 0.6) is 0 Å². The van der Waals surface area contributed by atoms with E-state index in [1.807, 2.05) is 0 Å². The highest BCUT2D eigenvalue weighted by atomic mass is 32.1. The normalized spacial score (nSPS) is 11.8. The number of nitrogens with zero attached hydrogens (tertiary/aromatic N) is 4. The third-order valence-corrected chi connectivity index (χ3v) is 2.80. The van der Waals surface area contributed by atoms with Crippen molar-refractivity contribution >= 4 is 17.6 Å². The Morgan fingerprint density at radius 3 is 2.65 bits per heavy atom. The molecule has 0 saturated carbocycles. The number of thiazole rings is 1. The maximum Gasteiger partial charge on any atom is 0.435 e. The smallest absolute Gasteiger partial charge is 0.296 e. The molecular weight excluding hydrogens is 257 g/mol. The van der Waals surface area contributed by atoms with E-state index in [0.717, 1.165) is 11.3 Å². The van der Waals surface area contributed by atoms with Crippen molar-refractivity contribution in [2.24, 2.45) is 0 Å². The Balaban J connectivity index is 2.63. The van der Waals surface area contributed by atoms with Gasteiger partial charge >= 0.3 is 6.18 Å². The van der Waals surface area contributed by atoms with Crippen molar-refractivity contribution in [3.8, 4) is 5.13 Å². The number of aldehydes is 1. The van der Waals surface area contributed by atoms with Gasteiger partial charge in [0.2, 0.25) is 5.13 Å². The van der Waals surface area contributed by atoms with Crippen LogP contribution in [0.15, 0.2) is 5.38 Å². The molecule has 0 amide bonds. The first kappa shape index (κ1) is 11.7. The molecule has 0 aliphatic carbocycles. The lowest BCUT2D eigenvalue weighted by molar-refractivity contribution is -0.143. The Kier molecular flexibility index (Phi) is 2.69. The van der Waals surface area contributed by atoms with Crippen molar-refractivity contribution < 1.29 is 18.0 Å². The number of carbonyl (C=O) groups excluding carboxylic acids is 1. The SMILES string of the molecule is Cc1csc(-n2nnc(C=O)c2C(F)(F)F)n1. The first-order valence-electron chi connectivity index (χ1n) is 4.34. The van der Waals surface area contributed by atoms with Gasteiger partial charge in [0.25, 0.3) is 0 Å². The maximum absolute atomic E-state index is 12.7. The second-order valence-corrected chi connectivity index (χ2v) is 3.96.